The Morgan fingerprint density at radius 3 is 2.74 bits per heavy atom. The van der Waals surface area contributed by atoms with Gasteiger partial charge in [-0.15, -0.1) is 11.3 Å². The highest BCUT2D eigenvalue weighted by atomic mass is 32.1. The second-order valence-electron chi connectivity index (χ2n) is 4.69. The number of hydrogen-bond acceptors (Lipinski definition) is 2. The number of halogens is 1. The van der Waals surface area contributed by atoms with E-state index < -0.39 is 0 Å². The zero-order chi connectivity index (χ0) is 13.8. The summed E-state index contributed by atoms with van der Waals surface area (Å²) in [5.41, 5.74) is 0. The number of nitrogens with one attached hydrogen (secondary N) is 1. The molecule has 0 saturated heterocycles. The van der Waals surface area contributed by atoms with Gasteiger partial charge < -0.3 is 5.32 Å². The van der Waals surface area contributed by atoms with Crippen LogP contribution in [0.25, 0.3) is 10.1 Å². The first-order chi connectivity index (χ1) is 9.13. The molecule has 1 amide bonds. The summed E-state index contributed by atoms with van der Waals surface area (Å²) < 4.78 is 14.0. The maximum absolute atomic E-state index is 13.1. The van der Waals surface area contributed by atoms with Gasteiger partial charge in [0.1, 0.15) is 5.82 Å². The molecule has 0 aliphatic heterocycles. The zero-order valence-electron chi connectivity index (χ0n) is 11.2. The third kappa shape index (κ3) is 3.32. The first kappa shape index (κ1) is 14.0. The van der Waals surface area contributed by atoms with Crippen LogP contribution in [0, 0.1) is 11.7 Å². The van der Waals surface area contributed by atoms with E-state index in [-0.39, 0.29) is 11.7 Å². The van der Waals surface area contributed by atoms with Crippen molar-refractivity contribution in [2.45, 2.75) is 26.7 Å². The van der Waals surface area contributed by atoms with Gasteiger partial charge in [-0.25, -0.2) is 4.39 Å². The molecule has 0 radical (unpaired) electrons. The van der Waals surface area contributed by atoms with Gasteiger partial charge in [0.2, 0.25) is 0 Å². The van der Waals surface area contributed by atoms with Crippen LogP contribution < -0.4 is 5.32 Å². The van der Waals surface area contributed by atoms with E-state index in [1.54, 1.807) is 12.1 Å². The minimum atomic E-state index is -0.269. The van der Waals surface area contributed by atoms with E-state index in [1.807, 2.05) is 0 Å². The molecule has 1 aromatic heterocycles. The van der Waals surface area contributed by atoms with Crippen LogP contribution in [0.15, 0.2) is 24.3 Å². The van der Waals surface area contributed by atoms with E-state index in [0.29, 0.717) is 17.3 Å². The van der Waals surface area contributed by atoms with Crippen molar-refractivity contribution in [3.63, 3.8) is 0 Å². The summed E-state index contributed by atoms with van der Waals surface area (Å²) in [6, 6.07) is 6.35. The molecule has 0 fully saturated rings. The molecule has 2 nitrogen and oxygen atoms in total. The summed E-state index contributed by atoms with van der Waals surface area (Å²) in [6.07, 6.45) is 2.13. The fraction of sp³-hybridized carbons (Fsp3) is 0.400. The Morgan fingerprint density at radius 1 is 1.32 bits per heavy atom. The summed E-state index contributed by atoms with van der Waals surface area (Å²) in [5, 5.41) is 3.74. The van der Waals surface area contributed by atoms with Crippen LogP contribution in [0.2, 0.25) is 0 Å². The average Bonchev–Trinajstić information content (AvgIpc) is 2.82. The van der Waals surface area contributed by atoms with Crippen LogP contribution in [-0.4, -0.2) is 12.5 Å². The molecule has 1 N–H and O–H groups in total. The third-order valence-corrected chi connectivity index (χ3v) is 4.52. The molecule has 0 unspecified atom stereocenters. The molecular formula is C15H18FNOS. The van der Waals surface area contributed by atoms with Crippen molar-refractivity contribution in [3.05, 3.63) is 35.0 Å². The maximum Gasteiger partial charge on any atom is 0.261 e. The van der Waals surface area contributed by atoms with Crippen molar-refractivity contribution in [2.75, 3.05) is 6.54 Å². The largest absolute Gasteiger partial charge is 0.351 e. The molecule has 102 valence electrons. The van der Waals surface area contributed by atoms with Crippen LogP contribution in [0.5, 0.6) is 0 Å². The quantitative estimate of drug-likeness (QED) is 0.873. The van der Waals surface area contributed by atoms with E-state index in [4.69, 9.17) is 0 Å². The van der Waals surface area contributed by atoms with Gasteiger partial charge in [-0.1, -0.05) is 26.7 Å². The lowest BCUT2D eigenvalue weighted by molar-refractivity contribution is 0.0950. The summed E-state index contributed by atoms with van der Waals surface area (Å²) in [4.78, 5) is 12.7. The van der Waals surface area contributed by atoms with Gasteiger partial charge in [0.05, 0.1) is 4.88 Å². The highest BCUT2D eigenvalue weighted by Crippen LogP contribution is 2.26. The van der Waals surface area contributed by atoms with Crippen molar-refractivity contribution in [1.29, 1.82) is 0 Å². The van der Waals surface area contributed by atoms with Crippen molar-refractivity contribution in [3.8, 4) is 0 Å². The van der Waals surface area contributed by atoms with Crippen LogP contribution in [0.1, 0.15) is 36.4 Å². The predicted octanol–water partition coefficient (Wildman–Crippen LogP) is 4.21. The van der Waals surface area contributed by atoms with E-state index >= 15 is 0 Å². The Kier molecular flexibility index (Phi) is 4.53. The molecule has 2 aromatic rings. The molecule has 1 heterocycles. The number of hydrogen-bond donors (Lipinski definition) is 1. The standard InChI is InChI=1S/C15H18FNOS/c1-3-10(4-2)9-17-15(18)14-8-11-7-12(16)5-6-13(11)19-14/h5-8,10H,3-4,9H2,1-2H3,(H,17,18). The second-order valence-corrected chi connectivity index (χ2v) is 5.77. The Labute approximate surface area is 116 Å². The lowest BCUT2D eigenvalue weighted by atomic mass is 10.0. The van der Waals surface area contributed by atoms with Crippen LogP contribution >= 0.6 is 11.3 Å². The average molecular weight is 279 g/mol. The van der Waals surface area contributed by atoms with Gasteiger partial charge in [0.25, 0.3) is 5.91 Å². The number of thiophene rings is 1. The van der Waals surface area contributed by atoms with E-state index in [1.165, 1.54) is 23.5 Å². The molecule has 19 heavy (non-hydrogen) atoms. The fourth-order valence-corrected chi connectivity index (χ4v) is 2.99. The summed E-state index contributed by atoms with van der Waals surface area (Å²) in [6.45, 7) is 4.96. The molecule has 0 saturated carbocycles. The normalized spacial score (nSPS) is 11.2. The lowest BCUT2D eigenvalue weighted by Gasteiger charge is -2.12. The highest BCUT2D eigenvalue weighted by molar-refractivity contribution is 7.20. The van der Waals surface area contributed by atoms with E-state index in [2.05, 4.69) is 19.2 Å². The van der Waals surface area contributed by atoms with Crippen molar-refractivity contribution >= 4 is 27.3 Å². The van der Waals surface area contributed by atoms with Crippen molar-refractivity contribution in [2.24, 2.45) is 5.92 Å². The van der Waals surface area contributed by atoms with Gasteiger partial charge in [-0.05, 0) is 35.6 Å². The first-order valence-corrected chi connectivity index (χ1v) is 7.43. The smallest absolute Gasteiger partial charge is 0.261 e. The highest BCUT2D eigenvalue weighted by Gasteiger charge is 2.12. The van der Waals surface area contributed by atoms with Gasteiger partial charge in [-0.2, -0.15) is 0 Å². The molecule has 2 rings (SSSR count). The Morgan fingerprint density at radius 2 is 2.05 bits per heavy atom. The van der Waals surface area contributed by atoms with Crippen molar-refractivity contribution in [1.82, 2.24) is 5.32 Å². The first-order valence-electron chi connectivity index (χ1n) is 6.61. The van der Waals surface area contributed by atoms with Crippen molar-refractivity contribution < 1.29 is 9.18 Å². The summed E-state index contributed by atoms with van der Waals surface area (Å²) >= 11 is 1.40. The Balaban J connectivity index is 2.09. The van der Waals surface area contributed by atoms with Crippen LogP contribution in [0.4, 0.5) is 4.39 Å². The third-order valence-electron chi connectivity index (χ3n) is 3.41. The van der Waals surface area contributed by atoms with Gasteiger partial charge in [-0.3, -0.25) is 4.79 Å². The fourth-order valence-electron chi connectivity index (χ4n) is 2.03. The molecule has 0 atom stereocenters. The maximum atomic E-state index is 13.1. The minimum Gasteiger partial charge on any atom is -0.351 e. The Bertz CT molecular complexity index is 575. The number of amides is 1. The molecule has 0 spiro atoms. The van der Waals surface area contributed by atoms with E-state index in [0.717, 1.165) is 22.9 Å². The molecule has 1 aromatic carbocycles. The molecule has 0 aliphatic rings. The molecule has 0 bridgehead atoms. The number of benzene rings is 1. The topological polar surface area (TPSA) is 29.1 Å². The van der Waals surface area contributed by atoms with Crippen LogP contribution in [0.3, 0.4) is 0 Å². The zero-order valence-corrected chi connectivity index (χ0v) is 12.0. The molecule has 0 aliphatic carbocycles. The summed E-state index contributed by atoms with van der Waals surface area (Å²) in [7, 11) is 0. The monoisotopic (exact) mass is 279 g/mol. The summed E-state index contributed by atoms with van der Waals surface area (Å²) in [5.74, 6) is 0.193. The Hall–Kier alpha value is -1.42. The van der Waals surface area contributed by atoms with Gasteiger partial charge in [0, 0.05) is 11.2 Å². The number of rotatable bonds is 5. The lowest BCUT2D eigenvalue weighted by Crippen LogP contribution is -2.28. The van der Waals surface area contributed by atoms with Crippen LogP contribution in [-0.2, 0) is 0 Å². The number of fused-ring (bicyclic) bond motifs is 1. The second kappa shape index (κ2) is 6.15. The van der Waals surface area contributed by atoms with E-state index in [9.17, 15) is 9.18 Å². The number of carbonyl (C=O) groups is 1. The number of carbonyl (C=O) groups excluding carboxylic acids is 1. The molecular weight excluding hydrogens is 261 g/mol. The SMILES string of the molecule is CCC(CC)CNC(=O)c1cc2cc(F)ccc2s1. The minimum absolute atomic E-state index is 0.0616. The molecule has 4 heteroatoms. The van der Waals surface area contributed by atoms with Gasteiger partial charge in [0.15, 0.2) is 0 Å². The predicted molar refractivity (Wildman–Crippen MR) is 78.2 cm³/mol. The van der Waals surface area contributed by atoms with Gasteiger partial charge >= 0.3 is 0 Å².